The molecule has 0 bridgehead atoms. The second-order valence-electron chi connectivity index (χ2n) is 5.08. The summed E-state index contributed by atoms with van der Waals surface area (Å²) in [5, 5.41) is 2.95. The van der Waals surface area contributed by atoms with Crippen molar-refractivity contribution in [3.05, 3.63) is 78.1 Å². The summed E-state index contributed by atoms with van der Waals surface area (Å²) in [6, 6.07) is 14.0. The first-order chi connectivity index (χ1) is 11.2. The summed E-state index contributed by atoms with van der Waals surface area (Å²) in [5.74, 6) is 0.487. The summed E-state index contributed by atoms with van der Waals surface area (Å²) in [5.41, 5.74) is 1.77. The second-order valence-corrected chi connectivity index (χ2v) is 6.14. The Morgan fingerprint density at radius 3 is 2.65 bits per heavy atom. The van der Waals surface area contributed by atoms with Gasteiger partial charge in [0, 0.05) is 17.2 Å². The molecule has 2 nitrogen and oxygen atoms in total. The maximum atomic E-state index is 12.8. The lowest BCUT2D eigenvalue weighted by Crippen LogP contribution is -2.25. The fourth-order valence-corrected chi connectivity index (χ4v) is 2.96. The molecule has 0 aliphatic heterocycles. The predicted molar refractivity (Wildman–Crippen MR) is 94.4 cm³/mol. The molecule has 0 heterocycles. The van der Waals surface area contributed by atoms with Crippen LogP contribution in [0.5, 0.6) is 0 Å². The zero-order valence-electron chi connectivity index (χ0n) is 12.9. The average Bonchev–Trinajstić information content (AvgIpc) is 2.58. The first kappa shape index (κ1) is 17.3. The Hall–Kier alpha value is -2.07. The van der Waals surface area contributed by atoms with E-state index in [9.17, 15) is 9.18 Å². The van der Waals surface area contributed by atoms with Crippen molar-refractivity contribution in [3.8, 4) is 0 Å². The number of hydrogen-bond acceptors (Lipinski definition) is 2. The Labute approximate surface area is 140 Å². The van der Waals surface area contributed by atoms with Gasteiger partial charge in [-0.15, -0.1) is 18.3 Å². The van der Waals surface area contributed by atoms with Crippen LogP contribution in [0.3, 0.4) is 0 Å². The molecule has 2 aromatic carbocycles. The highest BCUT2D eigenvalue weighted by Crippen LogP contribution is 2.22. The van der Waals surface area contributed by atoms with E-state index in [-0.39, 0.29) is 11.7 Å². The third-order valence-electron chi connectivity index (χ3n) is 3.33. The number of nitrogens with one attached hydrogen (secondary N) is 1. The summed E-state index contributed by atoms with van der Waals surface area (Å²) in [6.45, 7) is 4.29. The maximum Gasteiger partial charge on any atom is 0.252 e. The highest BCUT2D eigenvalue weighted by molar-refractivity contribution is 7.99. The molecule has 0 saturated heterocycles. The molecule has 2 rings (SSSR count). The number of hydrogen-bond donors (Lipinski definition) is 1. The van der Waals surface area contributed by atoms with Crippen molar-refractivity contribution in [1.82, 2.24) is 5.32 Å². The molecule has 0 radical (unpaired) electrons. The van der Waals surface area contributed by atoms with Gasteiger partial charge in [-0.05, 0) is 42.7 Å². The predicted octanol–water partition coefficient (Wildman–Crippen LogP) is 4.47. The van der Waals surface area contributed by atoms with Gasteiger partial charge < -0.3 is 5.32 Å². The largest absolute Gasteiger partial charge is 0.352 e. The minimum Gasteiger partial charge on any atom is -0.352 e. The fraction of sp³-hybridized carbons (Fsp3) is 0.211. The van der Waals surface area contributed by atoms with Gasteiger partial charge >= 0.3 is 0 Å². The van der Waals surface area contributed by atoms with Crippen molar-refractivity contribution in [2.45, 2.75) is 17.7 Å². The molecule has 4 heteroatoms. The molecule has 1 amide bonds. The Morgan fingerprint density at radius 2 is 1.91 bits per heavy atom. The third-order valence-corrected chi connectivity index (χ3v) is 4.40. The first-order valence-corrected chi connectivity index (χ1v) is 8.54. The van der Waals surface area contributed by atoms with Crippen molar-refractivity contribution in [3.63, 3.8) is 0 Å². The van der Waals surface area contributed by atoms with Crippen LogP contribution in [0.1, 0.15) is 22.3 Å². The molecular weight excluding hydrogens is 309 g/mol. The average molecular weight is 329 g/mol. The van der Waals surface area contributed by atoms with E-state index < -0.39 is 0 Å². The zero-order chi connectivity index (χ0) is 16.5. The van der Waals surface area contributed by atoms with Gasteiger partial charge in [0.25, 0.3) is 5.91 Å². The van der Waals surface area contributed by atoms with Crippen LogP contribution < -0.4 is 5.32 Å². The summed E-state index contributed by atoms with van der Waals surface area (Å²) < 4.78 is 12.8. The highest BCUT2D eigenvalue weighted by Gasteiger charge is 2.10. The van der Waals surface area contributed by atoms with Crippen LogP contribution in [0.25, 0.3) is 0 Å². The molecule has 0 spiro atoms. The van der Waals surface area contributed by atoms with Gasteiger partial charge in [-0.25, -0.2) is 4.39 Å². The van der Waals surface area contributed by atoms with Gasteiger partial charge in [-0.3, -0.25) is 4.79 Å². The van der Waals surface area contributed by atoms with Crippen molar-refractivity contribution in [2.24, 2.45) is 0 Å². The molecule has 0 fully saturated rings. The van der Waals surface area contributed by atoms with E-state index >= 15 is 0 Å². The Morgan fingerprint density at radius 1 is 1.17 bits per heavy atom. The molecule has 120 valence electrons. The van der Waals surface area contributed by atoms with Crippen LogP contribution in [-0.4, -0.2) is 18.2 Å². The lowest BCUT2D eigenvalue weighted by molar-refractivity contribution is 0.0950. The minimum absolute atomic E-state index is 0.0590. The van der Waals surface area contributed by atoms with Crippen LogP contribution in [0.15, 0.2) is 66.1 Å². The van der Waals surface area contributed by atoms with E-state index in [1.807, 2.05) is 30.3 Å². The van der Waals surface area contributed by atoms with Crippen LogP contribution in [0, 0.1) is 5.82 Å². The van der Waals surface area contributed by atoms with Gasteiger partial charge in [-0.2, -0.15) is 0 Å². The molecule has 0 aromatic heterocycles. The molecular formula is C19H20FNOS. The number of benzene rings is 2. The van der Waals surface area contributed by atoms with Gasteiger partial charge in [-0.1, -0.05) is 30.3 Å². The Balaban J connectivity index is 1.82. The zero-order valence-corrected chi connectivity index (χ0v) is 13.7. The van der Waals surface area contributed by atoms with Gasteiger partial charge in [0.2, 0.25) is 0 Å². The van der Waals surface area contributed by atoms with E-state index in [0.717, 1.165) is 29.1 Å². The van der Waals surface area contributed by atoms with E-state index in [1.165, 1.54) is 12.1 Å². The lowest BCUT2D eigenvalue weighted by atomic mass is 10.1. The molecule has 0 unspecified atom stereocenters. The second kappa shape index (κ2) is 9.16. The van der Waals surface area contributed by atoms with Crippen LogP contribution in [0.4, 0.5) is 4.39 Å². The van der Waals surface area contributed by atoms with Gasteiger partial charge in [0.15, 0.2) is 0 Å². The number of carbonyl (C=O) groups is 1. The molecule has 0 aliphatic carbocycles. The maximum absolute atomic E-state index is 12.8. The van der Waals surface area contributed by atoms with E-state index in [4.69, 9.17) is 0 Å². The molecule has 2 aromatic rings. The van der Waals surface area contributed by atoms with Crippen molar-refractivity contribution in [1.29, 1.82) is 0 Å². The number of thioether (sulfide) groups is 1. The standard InChI is InChI=1S/C19H20FNOS/c1-2-14-23-18-8-4-3-7-17(18)19(22)21-13-5-6-15-9-11-16(20)12-10-15/h2-4,7-12H,1,5-6,13-14H2,(H,21,22). The van der Waals surface area contributed by atoms with E-state index in [2.05, 4.69) is 11.9 Å². The first-order valence-electron chi connectivity index (χ1n) is 7.56. The van der Waals surface area contributed by atoms with Crippen molar-refractivity contribution < 1.29 is 9.18 Å². The lowest BCUT2D eigenvalue weighted by Gasteiger charge is -2.09. The van der Waals surface area contributed by atoms with Gasteiger partial charge in [0.05, 0.1) is 5.56 Å². The minimum atomic E-state index is -0.226. The summed E-state index contributed by atoms with van der Waals surface area (Å²) in [6.07, 6.45) is 3.45. The quantitative estimate of drug-likeness (QED) is 0.440. The molecule has 1 N–H and O–H groups in total. The smallest absolute Gasteiger partial charge is 0.252 e. The monoisotopic (exact) mass is 329 g/mol. The SMILES string of the molecule is C=CCSc1ccccc1C(=O)NCCCc1ccc(F)cc1. The third kappa shape index (κ3) is 5.57. The van der Waals surface area contributed by atoms with E-state index in [1.54, 1.807) is 23.9 Å². The summed E-state index contributed by atoms with van der Waals surface area (Å²) >= 11 is 1.60. The Kier molecular flexibility index (Phi) is 6.88. The fourth-order valence-electron chi connectivity index (χ4n) is 2.17. The van der Waals surface area contributed by atoms with Crippen LogP contribution in [0.2, 0.25) is 0 Å². The summed E-state index contributed by atoms with van der Waals surface area (Å²) in [4.78, 5) is 13.2. The normalized spacial score (nSPS) is 10.3. The van der Waals surface area contributed by atoms with Crippen molar-refractivity contribution >= 4 is 17.7 Å². The van der Waals surface area contributed by atoms with E-state index in [0.29, 0.717) is 12.1 Å². The number of rotatable bonds is 8. The number of amides is 1. The number of halogens is 1. The Bertz CT molecular complexity index is 655. The molecule has 0 saturated carbocycles. The molecule has 0 atom stereocenters. The van der Waals surface area contributed by atoms with Gasteiger partial charge in [0.1, 0.15) is 5.82 Å². The van der Waals surface area contributed by atoms with Crippen LogP contribution >= 0.6 is 11.8 Å². The molecule has 23 heavy (non-hydrogen) atoms. The van der Waals surface area contributed by atoms with Crippen molar-refractivity contribution in [2.75, 3.05) is 12.3 Å². The number of carbonyl (C=O) groups excluding carboxylic acids is 1. The summed E-state index contributed by atoms with van der Waals surface area (Å²) in [7, 11) is 0. The van der Waals surface area contributed by atoms with Crippen LogP contribution in [-0.2, 0) is 6.42 Å². The topological polar surface area (TPSA) is 29.1 Å². The highest BCUT2D eigenvalue weighted by atomic mass is 32.2. The number of aryl methyl sites for hydroxylation is 1. The molecule has 0 aliphatic rings.